The largest absolute Gasteiger partial charge is 0.495 e. The fraction of sp³-hybridized carbons (Fsp3) is 0.407. The average Bonchev–Trinajstić information content (AvgIpc) is 2.90. The molecule has 0 radical (unpaired) electrons. The number of anilines is 2. The van der Waals surface area contributed by atoms with E-state index < -0.39 is 0 Å². The summed E-state index contributed by atoms with van der Waals surface area (Å²) >= 11 is 12.7. The molecule has 3 aromatic rings. The number of piperidine rings is 1. The molecule has 0 saturated carbocycles. The Kier molecular flexibility index (Phi) is 9.17. The number of benzene rings is 2. The first-order valence-corrected chi connectivity index (χ1v) is 12.8. The highest BCUT2D eigenvalue weighted by Gasteiger charge is 2.21. The van der Waals surface area contributed by atoms with Crippen molar-refractivity contribution in [1.82, 2.24) is 9.88 Å². The Morgan fingerprint density at radius 3 is 2.57 bits per heavy atom. The molecular weight excluding hydrogens is 515 g/mol. The van der Waals surface area contributed by atoms with E-state index in [1.54, 1.807) is 19.2 Å². The van der Waals surface area contributed by atoms with Crippen molar-refractivity contribution in [2.24, 2.45) is 5.92 Å². The Balaban J connectivity index is 1.72. The molecule has 0 atom stereocenters. The molecule has 2 aromatic carbocycles. The van der Waals surface area contributed by atoms with Gasteiger partial charge in [-0.3, -0.25) is 4.98 Å². The van der Waals surface area contributed by atoms with Gasteiger partial charge < -0.3 is 29.2 Å². The van der Waals surface area contributed by atoms with Gasteiger partial charge in [-0.05, 0) is 57.1 Å². The number of ether oxygens (including phenoxy) is 4. The van der Waals surface area contributed by atoms with Gasteiger partial charge in [0.2, 0.25) is 0 Å². The highest BCUT2D eigenvalue weighted by atomic mass is 35.5. The van der Waals surface area contributed by atoms with Gasteiger partial charge in [0, 0.05) is 24.8 Å². The van der Waals surface area contributed by atoms with Crippen LogP contribution in [0.3, 0.4) is 0 Å². The van der Waals surface area contributed by atoms with E-state index in [2.05, 4.69) is 28.3 Å². The molecule has 1 saturated heterocycles. The van der Waals surface area contributed by atoms with Crippen molar-refractivity contribution in [2.45, 2.75) is 12.8 Å². The monoisotopic (exact) mass is 544 g/mol. The molecule has 8 nitrogen and oxygen atoms in total. The van der Waals surface area contributed by atoms with Gasteiger partial charge in [0.05, 0.1) is 47.3 Å². The third-order valence-electron chi connectivity index (χ3n) is 6.42. The predicted molar refractivity (Wildman–Crippen MR) is 146 cm³/mol. The molecule has 37 heavy (non-hydrogen) atoms. The van der Waals surface area contributed by atoms with Gasteiger partial charge in [0.1, 0.15) is 23.9 Å². The zero-order valence-corrected chi connectivity index (χ0v) is 22.7. The van der Waals surface area contributed by atoms with Crippen LogP contribution in [0.4, 0.5) is 11.4 Å². The molecule has 2 heterocycles. The summed E-state index contributed by atoms with van der Waals surface area (Å²) < 4.78 is 22.9. The minimum absolute atomic E-state index is 0.324. The number of fused-ring (bicyclic) bond motifs is 1. The summed E-state index contributed by atoms with van der Waals surface area (Å²) in [6.45, 7) is 3.46. The van der Waals surface area contributed by atoms with E-state index in [-0.39, 0.29) is 0 Å². The van der Waals surface area contributed by atoms with Crippen molar-refractivity contribution in [3.63, 3.8) is 0 Å². The Hall–Kier alpha value is -2.96. The number of halogens is 2. The number of aromatic nitrogens is 1. The molecule has 1 aliphatic rings. The summed E-state index contributed by atoms with van der Waals surface area (Å²) in [7, 11) is 5.29. The smallest absolute Gasteiger partial charge is 0.187 e. The molecule has 0 amide bonds. The van der Waals surface area contributed by atoms with Crippen LogP contribution in [-0.2, 0) is 4.74 Å². The molecule has 196 valence electrons. The molecule has 1 aliphatic heterocycles. The number of nitrogens with one attached hydrogen (secondary N) is 1. The van der Waals surface area contributed by atoms with Crippen LogP contribution < -0.4 is 19.5 Å². The van der Waals surface area contributed by atoms with Gasteiger partial charge >= 0.3 is 0 Å². The van der Waals surface area contributed by atoms with Crippen molar-refractivity contribution in [2.75, 3.05) is 59.5 Å². The fourth-order valence-corrected chi connectivity index (χ4v) is 4.78. The first kappa shape index (κ1) is 27.1. The van der Waals surface area contributed by atoms with E-state index in [1.807, 2.05) is 12.1 Å². The number of hydrogen-bond acceptors (Lipinski definition) is 8. The maximum Gasteiger partial charge on any atom is 0.187 e. The van der Waals surface area contributed by atoms with E-state index in [9.17, 15) is 5.26 Å². The van der Waals surface area contributed by atoms with Gasteiger partial charge in [0.25, 0.3) is 0 Å². The molecule has 1 fully saturated rings. The van der Waals surface area contributed by atoms with E-state index in [0.29, 0.717) is 80.9 Å². The minimum atomic E-state index is 0.324. The van der Waals surface area contributed by atoms with E-state index in [0.717, 1.165) is 25.9 Å². The first-order valence-electron chi connectivity index (χ1n) is 12.0. The van der Waals surface area contributed by atoms with Gasteiger partial charge in [0.15, 0.2) is 11.5 Å². The van der Waals surface area contributed by atoms with Crippen LogP contribution in [0.5, 0.6) is 17.2 Å². The normalized spacial score (nSPS) is 14.4. The van der Waals surface area contributed by atoms with E-state index in [4.69, 9.17) is 42.1 Å². The quantitative estimate of drug-likeness (QED) is 0.315. The SMILES string of the molecule is COCCOc1c(OCC2CCN(C)CC2)ccc2c(Nc3cc(OC)c(Cl)cc3Cl)c(C#N)cnc12. The van der Waals surface area contributed by atoms with Gasteiger partial charge in [-0.1, -0.05) is 23.2 Å². The van der Waals surface area contributed by atoms with Crippen LogP contribution in [0.15, 0.2) is 30.5 Å². The Morgan fingerprint density at radius 1 is 1.08 bits per heavy atom. The van der Waals surface area contributed by atoms with E-state index in [1.165, 1.54) is 13.3 Å². The lowest BCUT2D eigenvalue weighted by molar-refractivity contribution is 0.137. The highest BCUT2D eigenvalue weighted by molar-refractivity contribution is 6.37. The van der Waals surface area contributed by atoms with Crippen LogP contribution >= 0.6 is 23.2 Å². The Morgan fingerprint density at radius 2 is 1.86 bits per heavy atom. The molecule has 0 aliphatic carbocycles. The lowest BCUT2D eigenvalue weighted by Gasteiger charge is -2.29. The lowest BCUT2D eigenvalue weighted by Crippen LogP contribution is -2.32. The Labute approximate surface area is 227 Å². The topological polar surface area (TPSA) is 88.9 Å². The number of nitriles is 1. The fourth-order valence-electron chi connectivity index (χ4n) is 4.27. The third kappa shape index (κ3) is 6.31. The van der Waals surface area contributed by atoms with Crippen LogP contribution in [0.2, 0.25) is 10.0 Å². The summed E-state index contributed by atoms with van der Waals surface area (Å²) in [6.07, 6.45) is 3.69. The number of hydrogen-bond donors (Lipinski definition) is 1. The molecule has 1 N–H and O–H groups in total. The second kappa shape index (κ2) is 12.5. The van der Waals surface area contributed by atoms with Crippen molar-refractivity contribution in [3.05, 3.63) is 46.1 Å². The molecule has 0 spiro atoms. The third-order valence-corrected chi connectivity index (χ3v) is 7.03. The molecule has 1 aromatic heterocycles. The van der Waals surface area contributed by atoms with Crippen molar-refractivity contribution < 1.29 is 18.9 Å². The van der Waals surface area contributed by atoms with Gasteiger partial charge in [-0.25, -0.2) is 0 Å². The predicted octanol–water partition coefficient (Wildman–Crippen LogP) is 5.91. The zero-order chi connectivity index (χ0) is 26.4. The summed E-state index contributed by atoms with van der Waals surface area (Å²) in [4.78, 5) is 6.91. The summed E-state index contributed by atoms with van der Waals surface area (Å²) in [5.74, 6) is 2.05. The summed E-state index contributed by atoms with van der Waals surface area (Å²) in [6, 6.07) is 9.22. The van der Waals surface area contributed by atoms with E-state index >= 15 is 0 Å². The second-order valence-electron chi connectivity index (χ2n) is 8.94. The number of rotatable bonds is 10. The standard InChI is InChI=1S/C27H30Cl2N4O4/c1-33-8-6-17(7-9-33)16-37-23-5-4-19-25(32-22-13-24(35-3)21(29)12-20(22)28)18(14-30)15-31-26(19)27(23)36-11-10-34-2/h4-5,12-13,15,17H,6-11,16H2,1-3H3,(H,31,32). The molecular formula is C27H30Cl2N4O4. The summed E-state index contributed by atoms with van der Waals surface area (Å²) in [5, 5.41) is 14.6. The molecule has 10 heteroatoms. The van der Waals surface area contributed by atoms with Gasteiger partial charge in [-0.2, -0.15) is 5.26 Å². The molecule has 0 bridgehead atoms. The van der Waals surface area contributed by atoms with Crippen LogP contribution in [-0.4, -0.2) is 64.1 Å². The number of likely N-dealkylation sites (tertiary alicyclic amines) is 1. The van der Waals surface area contributed by atoms with Gasteiger partial charge in [-0.15, -0.1) is 0 Å². The lowest BCUT2D eigenvalue weighted by atomic mass is 9.98. The number of methoxy groups -OCH3 is 2. The second-order valence-corrected chi connectivity index (χ2v) is 9.75. The van der Waals surface area contributed by atoms with Crippen molar-refractivity contribution in [1.29, 1.82) is 5.26 Å². The molecule has 4 rings (SSSR count). The maximum atomic E-state index is 9.83. The Bertz CT molecular complexity index is 1290. The number of nitrogens with zero attached hydrogens (tertiary/aromatic N) is 3. The highest BCUT2D eigenvalue weighted by Crippen LogP contribution is 2.42. The molecule has 0 unspecified atom stereocenters. The maximum absolute atomic E-state index is 9.83. The zero-order valence-electron chi connectivity index (χ0n) is 21.1. The minimum Gasteiger partial charge on any atom is -0.495 e. The van der Waals surface area contributed by atoms with Crippen molar-refractivity contribution in [3.8, 4) is 23.3 Å². The van der Waals surface area contributed by atoms with Crippen LogP contribution in [0.25, 0.3) is 10.9 Å². The van der Waals surface area contributed by atoms with Crippen molar-refractivity contribution >= 4 is 45.5 Å². The average molecular weight is 545 g/mol. The summed E-state index contributed by atoms with van der Waals surface area (Å²) in [5.41, 5.74) is 1.99. The van der Waals surface area contributed by atoms with Crippen LogP contribution in [0, 0.1) is 17.2 Å². The first-order chi connectivity index (χ1) is 17.9. The van der Waals surface area contributed by atoms with Crippen LogP contribution in [0.1, 0.15) is 18.4 Å². The number of pyridine rings is 1.